The summed E-state index contributed by atoms with van der Waals surface area (Å²) in [6.07, 6.45) is 1.44. The second-order valence-corrected chi connectivity index (χ2v) is 8.98. The molecule has 1 unspecified atom stereocenters. The molecule has 5 nitrogen and oxygen atoms in total. The molecule has 0 saturated heterocycles. The molecule has 0 saturated carbocycles. The molecule has 1 amide bonds. The van der Waals surface area contributed by atoms with Crippen LogP contribution in [0.2, 0.25) is 5.02 Å². The molecule has 2 aromatic heterocycles. The lowest BCUT2D eigenvalue weighted by Gasteiger charge is -2.15. The molecular formula is C24H22ClN3O2S. The molecule has 7 heteroatoms. The minimum atomic E-state index is -0.739. The lowest BCUT2D eigenvalue weighted by atomic mass is 10.0. The lowest BCUT2D eigenvalue weighted by Crippen LogP contribution is -2.31. The fourth-order valence-electron chi connectivity index (χ4n) is 3.39. The fourth-order valence-corrected chi connectivity index (χ4v) is 4.47. The Morgan fingerprint density at radius 2 is 1.84 bits per heavy atom. The van der Waals surface area contributed by atoms with E-state index < -0.39 is 6.04 Å². The molecule has 2 heterocycles. The van der Waals surface area contributed by atoms with Crippen molar-refractivity contribution in [1.29, 1.82) is 0 Å². The standard InChI is InChI=1S/C24H22ClN3O2S/c1-13-5-7-17(9-15(13)3)19-11-31-23-21(19)24(30)28(12-26-23)16(4)22(29)27-18-8-6-14(2)20(25)10-18/h5-12,16H,1-4H3,(H,27,29). The van der Waals surface area contributed by atoms with Crippen molar-refractivity contribution in [3.63, 3.8) is 0 Å². The molecule has 4 aromatic rings. The van der Waals surface area contributed by atoms with E-state index in [4.69, 9.17) is 11.6 Å². The molecule has 0 aliphatic rings. The molecule has 1 atom stereocenters. The number of carbonyl (C=O) groups is 1. The third-order valence-corrected chi connectivity index (χ3v) is 6.87. The van der Waals surface area contributed by atoms with Gasteiger partial charge in [0.05, 0.1) is 11.7 Å². The average Bonchev–Trinajstić information content (AvgIpc) is 3.17. The van der Waals surface area contributed by atoms with Gasteiger partial charge in [-0.25, -0.2) is 4.98 Å². The van der Waals surface area contributed by atoms with Crippen LogP contribution in [-0.4, -0.2) is 15.5 Å². The van der Waals surface area contributed by atoms with Crippen LogP contribution in [-0.2, 0) is 4.79 Å². The Balaban J connectivity index is 1.71. The monoisotopic (exact) mass is 451 g/mol. The van der Waals surface area contributed by atoms with E-state index in [0.717, 1.165) is 22.3 Å². The summed E-state index contributed by atoms with van der Waals surface area (Å²) in [4.78, 5) is 31.3. The first kappa shape index (κ1) is 21.3. The molecule has 0 radical (unpaired) electrons. The van der Waals surface area contributed by atoms with Gasteiger partial charge in [-0.3, -0.25) is 14.2 Å². The van der Waals surface area contributed by atoms with Crippen molar-refractivity contribution in [2.24, 2.45) is 0 Å². The third kappa shape index (κ3) is 4.01. The van der Waals surface area contributed by atoms with Gasteiger partial charge in [0.2, 0.25) is 5.91 Å². The largest absolute Gasteiger partial charge is 0.324 e. The molecule has 0 aliphatic heterocycles. The first-order valence-corrected chi connectivity index (χ1v) is 11.1. The highest BCUT2D eigenvalue weighted by Gasteiger charge is 2.20. The Bertz CT molecular complexity index is 1370. The zero-order valence-electron chi connectivity index (χ0n) is 17.7. The van der Waals surface area contributed by atoms with Crippen LogP contribution in [0.5, 0.6) is 0 Å². The van der Waals surface area contributed by atoms with E-state index in [2.05, 4.69) is 23.3 Å². The highest BCUT2D eigenvalue weighted by atomic mass is 35.5. The molecule has 1 N–H and O–H groups in total. The normalized spacial score (nSPS) is 12.2. The maximum atomic E-state index is 13.4. The van der Waals surface area contributed by atoms with Gasteiger partial charge in [0.1, 0.15) is 10.9 Å². The number of aromatic nitrogens is 2. The second-order valence-electron chi connectivity index (χ2n) is 7.71. The number of halogens is 1. The third-order valence-electron chi connectivity index (χ3n) is 5.57. The van der Waals surface area contributed by atoms with E-state index in [0.29, 0.717) is 20.9 Å². The number of rotatable bonds is 4. The van der Waals surface area contributed by atoms with Gasteiger partial charge in [0.25, 0.3) is 5.56 Å². The zero-order chi connectivity index (χ0) is 22.3. The Hall–Kier alpha value is -2.96. The van der Waals surface area contributed by atoms with Gasteiger partial charge in [-0.05, 0) is 62.1 Å². The van der Waals surface area contributed by atoms with Crippen LogP contribution in [0, 0.1) is 20.8 Å². The number of amides is 1. The predicted molar refractivity (Wildman–Crippen MR) is 128 cm³/mol. The number of aryl methyl sites for hydroxylation is 3. The molecule has 31 heavy (non-hydrogen) atoms. The summed E-state index contributed by atoms with van der Waals surface area (Å²) < 4.78 is 1.38. The van der Waals surface area contributed by atoms with Gasteiger partial charge >= 0.3 is 0 Å². The molecule has 4 rings (SSSR count). The summed E-state index contributed by atoms with van der Waals surface area (Å²) in [6, 6.07) is 10.7. The number of anilines is 1. The Morgan fingerprint density at radius 1 is 1.10 bits per heavy atom. The Labute approximate surface area is 189 Å². The van der Waals surface area contributed by atoms with Crippen LogP contribution in [0.4, 0.5) is 5.69 Å². The van der Waals surface area contributed by atoms with Crippen LogP contribution in [0.25, 0.3) is 21.3 Å². The number of nitrogens with one attached hydrogen (secondary N) is 1. The summed E-state index contributed by atoms with van der Waals surface area (Å²) >= 11 is 7.58. The van der Waals surface area contributed by atoms with Crippen LogP contribution in [0.1, 0.15) is 29.7 Å². The van der Waals surface area contributed by atoms with Gasteiger partial charge < -0.3 is 5.32 Å². The maximum absolute atomic E-state index is 13.4. The van der Waals surface area contributed by atoms with E-state index in [1.807, 2.05) is 37.4 Å². The summed E-state index contributed by atoms with van der Waals surface area (Å²) in [5, 5.41) is 5.89. The van der Waals surface area contributed by atoms with Crippen molar-refractivity contribution in [2.45, 2.75) is 33.7 Å². The van der Waals surface area contributed by atoms with E-state index in [-0.39, 0.29) is 11.5 Å². The van der Waals surface area contributed by atoms with Crippen molar-refractivity contribution in [3.8, 4) is 11.1 Å². The van der Waals surface area contributed by atoms with Crippen molar-refractivity contribution in [2.75, 3.05) is 5.32 Å². The molecule has 0 fully saturated rings. The minimum Gasteiger partial charge on any atom is -0.324 e. The lowest BCUT2D eigenvalue weighted by molar-refractivity contribution is -0.118. The molecule has 158 valence electrons. The Morgan fingerprint density at radius 3 is 2.55 bits per heavy atom. The maximum Gasteiger partial charge on any atom is 0.263 e. The van der Waals surface area contributed by atoms with E-state index in [1.54, 1.807) is 19.1 Å². The number of carbonyl (C=O) groups excluding carboxylic acids is 1. The van der Waals surface area contributed by atoms with Crippen molar-refractivity contribution in [1.82, 2.24) is 9.55 Å². The molecule has 2 aromatic carbocycles. The molecular weight excluding hydrogens is 430 g/mol. The van der Waals surface area contributed by atoms with E-state index in [1.165, 1.54) is 27.8 Å². The van der Waals surface area contributed by atoms with Gasteiger partial charge in [-0.1, -0.05) is 35.9 Å². The summed E-state index contributed by atoms with van der Waals surface area (Å²) in [7, 11) is 0. The first-order chi connectivity index (χ1) is 14.8. The van der Waals surface area contributed by atoms with Crippen LogP contribution in [0.15, 0.2) is 52.9 Å². The first-order valence-electron chi connectivity index (χ1n) is 9.89. The Kier molecular flexibility index (Phi) is 5.69. The number of hydrogen-bond acceptors (Lipinski definition) is 4. The average molecular weight is 452 g/mol. The van der Waals surface area contributed by atoms with Gasteiger partial charge in [-0.15, -0.1) is 11.3 Å². The smallest absolute Gasteiger partial charge is 0.263 e. The summed E-state index contributed by atoms with van der Waals surface area (Å²) in [6.45, 7) is 7.68. The van der Waals surface area contributed by atoms with Gasteiger partial charge in [0.15, 0.2) is 0 Å². The van der Waals surface area contributed by atoms with E-state index >= 15 is 0 Å². The molecule has 0 spiro atoms. The van der Waals surface area contributed by atoms with Gasteiger partial charge in [0, 0.05) is 21.7 Å². The highest BCUT2D eigenvalue weighted by Crippen LogP contribution is 2.32. The topological polar surface area (TPSA) is 64.0 Å². The predicted octanol–water partition coefficient (Wildman–Crippen LogP) is 5.90. The highest BCUT2D eigenvalue weighted by molar-refractivity contribution is 7.17. The number of fused-ring (bicyclic) bond motifs is 1. The molecule has 0 aliphatic carbocycles. The number of hydrogen-bond donors (Lipinski definition) is 1. The van der Waals surface area contributed by atoms with Crippen molar-refractivity contribution in [3.05, 3.63) is 80.2 Å². The quantitative estimate of drug-likeness (QED) is 0.420. The number of benzene rings is 2. The van der Waals surface area contributed by atoms with Crippen LogP contribution < -0.4 is 10.9 Å². The molecule has 0 bridgehead atoms. The fraction of sp³-hybridized carbons (Fsp3) is 0.208. The minimum absolute atomic E-state index is 0.232. The SMILES string of the molecule is Cc1ccc(-c2csc3ncn(C(C)C(=O)Nc4ccc(C)c(Cl)c4)c(=O)c23)cc1C. The van der Waals surface area contributed by atoms with Gasteiger partial charge in [-0.2, -0.15) is 0 Å². The van der Waals surface area contributed by atoms with Crippen molar-refractivity contribution < 1.29 is 4.79 Å². The second kappa shape index (κ2) is 8.29. The van der Waals surface area contributed by atoms with Crippen molar-refractivity contribution >= 4 is 44.7 Å². The van der Waals surface area contributed by atoms with Crippen LogP contribution in [0.3, 0.4) is 0 Å². The zero-order valence-corrected chi connectivity index (χ0v) is 19.3. The summed E-state index contributed by atoms with van der Waals surface area (Å²) in [5.74, 6) is -0.314. The van der Waals surface area contributed by atoms with E-state index in [9.17, 15) is 9.59 Å². The number of thiophene rings is 1. The summed E-state index contributed by atoms with van der Waals surface area (Å²) in [5.41, 5.74) is 5.44. The van der Waals surface area contributed by atoms with Crippen LogP contribution >= 0.6 is 22.9 Å². The number of nitrogens with zero attached hydrogens (tertiary/aromatic N) is 2.